The van der Waals surface area contributed by atoms with Gasteiger partial charge in [0.2, 0.25) is 0 Å². The summed E-state index contributed by atoms with van der Waals surface area (Å²) in [6, 6.07) is 0. The van der Waals surface area contributed by atoms with Crippen LogP contribution < -0.4 is 0 Å². The van der Waals surface area contributed by atoms with Gasteiger partial charge in [-0.15, -0.1) is 0 Å². The molecular formula is C20H26O5. The van der Waals surface area contributed by atoms with Crippen molar-refractivity contribution < 1.29 is 24.2 Å². The monoisotopic (exact) mass is 346 g/mol. The van der Waals surface area contributed by atoms with Gasteiger partial charge in [-0.25, -0.2) is 0 Å². The van der Waals surface area contributed by atoms with E-state index in [1.807, 2.05) is 0 Å². The van der Waals surface area contributed by atoms with Crippen LogP contribution in [0.2, 0.25) is 0 Å². The second-order valence-electron chi connectivity index (χ2n) is 9.27. The molecule has 0 aromatic rings. The van der Waals surface area contributed by atoms with Gasteiger partial charge in [-0.05, 0) is 42.6 Å². The predicted molar refractivity (Wildman–Crippen MR) is 89.4 cm³/mol. The summed E-state index contributed by atoms with van der Waals surface area (Å²) >= 11 is 0. The normalized spacial score (nSPS) is 48.2. The topological polar surface area (TPSA) is 80.7 Å². The number of rotatable bonds is 1. The van der Waals surface area contributed by atoms with Crippen molar-refractivity contribution in [1.29, 1.82) is 0 Å². The van der Waals surface area contributed by atoms with E-state index in [2.05, 4.69) is 20.4 Å². The Balaban J connectivity index is 1.92. The molecule has 1 heterocycles. The number of hydrogen-bond donors (Lipinski definition) is 1. The van der Waals surface area contributed by atoms with E-state index in [4.69, 9.17) is 4.74 Å². The van der Waals surface area contributed by atoms with Crippen molar-refractivity contribution in [3.8, 4) is 0 Å². The molecule has 0 aromatic heterocycles. The first-order chi connectivity index (χ1) is 11.7. The largest absolute Gasteiger partial charge is 0.464 e. The molecule has 3 aliphatic carbocycles. The Morgan fingerprint density at radius 3 is 2.68 bits per heavy atom. The Morgan fingerprint density at radius 2 is 2.00 bits per heavy atom. The standard InChI is InChI=1S/C20H26O5/c1-11-12-7-13(22)15-19(6-4-5-18(2,3)14(19)9-21)10-25-17(24)20(15,8-12)16(11)23/h9,12-15,22H,1,4-8,10H2,2-3H3/t12-,13-,14-,15+,19+,20-/m1/s1. The van der Waals surface area contributed by atoms with E-state index in [0.29, 0.717) is 24.8 Å². The molecule has 0 aromatic carbocycles. The van der Waals surface area contributed by atoms with E-state index < -0.39 is 28.8 Å². The van der Waals surface area contributed by atoms with E-state index in [9.17, 15) is 19.5 Å². The van der Waals surface area contributed by atoms with E-state index in [-0.39, 0.29) is 29.6 Å². The first-order valence-electron chi connectivity index (χ1n) is 9.25. The number of esters is 1. The second kappa shape index (κ2) is 5.03. The molecular weight excluding hydrogens is 320 g/mol. The Hall–Kier alpha value is -1.49. The van der Waals surface area contributed by atoms with Crippen molar-refractivity contribution in [2.24, 2.45) is 34.0 Å². The van der Waals surface area contributed by atoms with Crippen LogP contribution in [0.5, 0.6) is 0 Å². The number of aldehydes is 1. The van der Waals surface area contributed by atoms with Crippen LogP contribution in [0.4, 0.5) is 0 Å². The van der Waals surface area contributed by atoms with E-state index in [1.54, 1.807) is 0 Å². The average molecular weight is 346 g/mol. The quantitative estimate of drug-likeness (QED) is 0.340. The zero-order valence-corrected chi connectivity index (χ0v) is 14.9. The Bertz CT molecular complexity index is 680. The Labute approximate surface area is 147 Å². The first-order valence-corrected chi connectivity index (χ1v) is 9.25. The minimum absolute atomic E-state index is 0.118. The summed E-state index contributed by atoms with van der Waals surface area (Å²) < 4.78 is 5.58. The van der Waals surface area contributed by atoms with Crippen molar-refractivity contribution in [3.05, 3.63) is 12.2 Å². The molecule has 2 bridgehead atoms. The number of ether oxygens (including phenoxy) is 1. The highest BCUT2D eigenvalue weighted by Crippen LogP contribution is 2.67. The number of hydrogen-bond acceptors (Lipinski definition) is 5. The molecule has 1 saturated heterocycles. The molecule has 1 aliphatic heterocycles. The van der Waals surface area contributed by atoms with Crippen molar-refractivity contribution in [2.75, 3.05) is 6.61 Å². The van der Waals surface area contributed by atoms with E-state index in [1.165, 1.54) is 0 Å². The van der Waals surface area contributed by atoms with Gasteiger partial charge in [-0.1, -0.05) is 26.8 Å². The van der Waals surface area contributed by atoms with Gasteiger partial charge in [0.25, 0.3) is 0 Å². The third-order valence-corrected chi connectivity index (χ3v) is 7.72. The van der Waals surface area contributed by atoms with Crippen LogP contribution in [0.3, 0.4) is 0 Å². The van der Waals surface area contributed by atoms with Gasteiger partial charge in [0.1, 0.15) is 11.7 Å². The molecule has 5 heteroatoms. The summed E-state index contributed by atoms with van der Waals surface area (Å²) in [5.41, 5.74) is -1.82. The maximum Gasteiger partial charge on any atom is 0.320 e. The van der Waals surface area contributed by atoms with Gasteiger partial charge >= 0.3 is 5.97 Å². The molecule has 6 atom stereocenters. The lowest BCUT2D eigenvalue weighted by molar-refractivity contribution is -0.225. The summed E-state index contributed by atoms with van der Waals surface area (Å²) in [7, 11) is 0. The van der Waals surface area contributed by atoms with Crippen molar-refractivity contribution >= 4 is 18.0 Å². The number of cyclic esters (lactones) is 1. The van der Waals surface area contributed by atoms with Crippen LogP contribution in [0.25, 0.3) is 0 Å². The number of ketones is 1. The lowest BCUT2D eigenvalue weighted by atomic mass is 9.44. The summed E-state index contributed by atoms with van der Waals surface area (Å²) in [6.45, 7) is 8.13. The van der Waals surface area contributed by atoms with Crippen LogP contribution in [-0.2, 0) is 19.1 Å². The molecule has 5 nitrogen and oxygen atoms in total. The summed E-state index contributed by atoms with van der Waals surface area (Å²) in [6.07, 6.45) is 3.50. The highest BCUT2D eigenvalue weighted by molar-refractivity contribution is 6.15. The fraction of sp³-hybridized carbons (Fsp3) is 0.750. The van der Waals surface area contributed by atoms with Gasteiger partial charge in [-0.2, -0.15) is 0 Å². The smallest absolute Gasteiger partial charge is 0.320 e. The molecule has 0 unspecified atom stereocenters. The maximum atomic E-state index is 13.1. The molecule has 2 spiro atoms. The summed E-state index contributed by atoms with van der Waals surface area (Å²) in [5.74, 6) is -1.86. The Morgan fingerprint density at radius 1 is 1.28 bits per heavy atom. The van der Waals surface area contributed by atoms with Gasteiger partial charge in [0.05, 0.1) is 12.7 Å². The third kappa shape index (κ3) is 1.85. The molecule has 0 radical (unpaired) electrons. The first kappa shape index (κ1) is 17.0. The molecule has 1 N–H and O–H groups in total. The molecule has 4 aliphatic rings. The summed E-state index contributed by atoms with van der Waals surface area (Å²) in [4.78, 5) is 38.0. The van der Waals surface area contributed by atoms with Crippen LogP contribution in [0, 0.1) is 34.0 Å². The maximum absolute atomic E-state index is 13.1. The Kier molecular flexibility index (Phi) is 3.41. The number of carbonyl (C=O) groups is 3. The fourth-order valence-electron chi connectivity index (χ4n) is 6.71. The van der Waals surface area contributed by atoms with E-state index in [0.717, 1.165) is 19.1 Å². The number of fused-ring (bicyclic) bond motifs is 2. The highest BCUT2D eigenvalue weighted by Gasteiger charge is 2.74. The number of aliphatic hydroxyl groups is 1. The van der Waals surface area contributed by atoms with Gasteiger partial charge in [0.15, 0.2) is 5.78 Å². The molecule has 25 heavy (non-hydrogen) atoms. The van der Waals surface area contributed by atoms with Crippen molar-refractivity contribution in [2.45, 2.75) is 52.1 Å². The fourth-order valence-corrected chi connectivity index (χ4v) is 6.71. The van der Waals surface area contributed by atoms with Gasteiger partial charge in [-0.3, -0.25) is 9.59 Å². The van der Waals surface area contributed by atoms with Crippen LogP contribution >= 0.6 is 0 Å². The van der Waals surface area contributed by atoms with Crippen LogP contribution in [0.15, 0.2) is 12.2 Å². The van der Waals surface area contributed by atoms with Gasteiger partial charge < -0.3 is 14.6 Å². The predicted octanol–water partition coefficient (Wildman–Crippen LogP) is 2.07. The number of carbonyl (C=O) groups excluding carboxylic acids is 3. The molecule has 0 amide bonds. The van der Waals surface area contributed by atoms with Gasteiger partial charge in [0, 0.05) is 17.3 Å². The lowest BCUT2D eigenvalue weighted by Gasteiger charge is -2.60. The van der Waals surface area contributed by atoms with Crippen molar-refractivity contribution in [1.82, 2.24) is 0 Å². The van der Waals surface area contributed by atoms with E-state index >= 15 is 0 Å². The third-order valence-electron chi connectivity index (χ3n) is 7.72. The molecule has 3 saturated carbocycles. The minimum atomic E-state index is -1.34. The number of allylic oxidation sites excluding steroid dienone is 1. The highest BCUT2D eigenvalue weighted by atomic mass is 16.5. The number of Topliss-reactive ketones (excluding diaryl/α,β-unsaturated/α-hetero) is 1. The molecule has 136 valence electrons. The average Bonchev–Trinajstić information content (AvgIpc) is 2.73. The zero-order chi connectivity index (χ0) is 18.2. The van der Waals surface area contributed by atoms with Crippen LogP contribution in [0.1, 0.15) is 46.0 Å². The zero-order valence-electron chi connectivity index (χ0n) is 14.9. The number of aliphatic hydroxyl groups excluding tert-OH is 1. The lowest BCUT2D eigenvalue weighted by Crippen LogP contribution is -2.66. The van der Waals surface area contributed by atoms with Crippen molar-refractivity contribution in [3.63, 3.8) is 0 Å². The molecule has 4 rings (SSSR count). The summed E-state index contributed by atoms with van der Waals surface area (Å²) in [5, 5.41) is 11.0. The molecule has 4 fully saturated rings. The van der Waals surface area contributed by atoms with Crippen LogP contribution in [-0.4, -0.2) is 35.9 Å². The minimum Gasteiger partial charge on any atom is -0.464 e. The SMILES string of the molecule is C=C1C(=O)[C@@]23C[C@H]1C[C@@H](O)[C@H]2[C@@]1(CCCC(C)(C)[C@H]1C=O)COC3=O. The second-order valence-corrected chi connectivity index (χ2v) is 9.27.